The molecule has 2 aromatic heterocycles. The molecule has 1 N–H and O–H groups in total. The molecule has 0 radical (unpaired) electrons. The van der Waals surface area contributed by atoms with Gasteiger partial charge in [0.05, 0.1) is 17.4 Å². The molecule has 0 saturated carbocycles. The first-order valence-corrected chi connectivity index (χ1v) is 10.9. The van der Waals surface area contributed by atoms with E-state index in [1.54, 1.807) is 0 Å². The summed E-state index contributed by atoms with van der Waals surface area (Å²) >= 11 is 0. The first kappa shape index (κ1) is 21.3. The van der Waals surface area contributed by atoms with E-state index in [1.807, 2.05) is 71.3 Å². The van der Waals surface area contributed by atoms with Crippen molar-refractivity contribution in [3.8, 4) is 16.9 Å². The summed E-state index contributed by atoms with van der Waals surface area (Å²) in [6, 6.07) is 27.0. The molecule has 7 heteroatoms. The smallest absolute Gasteiger partial charge is 0.262 e. The van der Waals surface area contributed by atoms with Crippen LogP contribution in [0.4, 0.5) is 10.1 Å². The Hall–Kier alpha value is -4.52. The highest BCUT2D eigenvalue weighted by Gasteiger charge is 2.17. The van der Waals surface area contributed by atoms with Gasteiger partial charge in [-0.25, -0.2) is 9.37 Å². The van der Waals surface area contributed by atoms with Gasteiger partial charge in [-0.3, -0.25) is 18.7 Å². The van der Waals surface area contributed by atoms with Crippen LogP contribution in [0.1, 0.15) is 6.42 Å². The van der Waals surface area contributed by atoms with Crippen LogP contribution in [0.25, 0.3) is 28.0 Å². The maximum Gasteiger partial charge on any atom is 0.262 e. The highest BCUT2D eigenvalue weighted by Crippen LogP contribution is 2.29. The number of para-hydroxylation sites is 1. The number of fused-ring (bicyclic) bond motifs is 1. The van der Waals surface area contributed by atoms with Crippen LogP contribution in [-0.2, 0) is 11.3 Å². The van der Waals surface area contributed by atoms with E-state index in [1.165, 1.54) is 35.2 Å². The average molecular weight is 452 g/mol. The quantitative estimate of drug-likeness (QED) is 0.393. The number of halogens is 1. The van der Waals surface area contributed by atoms with Crippen LogP contribution in [0.15, 0.2) is 102 Å². The van der Waals surface area contributed by atoms with Gasteiger partial charge in [0.25, 0.3) is 5.56 Å². The molecular formula is C27H21FN4O2. The van der Waals surface area contributed by atoms with E-state index in [0.717, 1.165) is 16.9 Å². The molecule has 0 spiro atoms. The number of hydrogen-bond acceptors (Lipinski definition) is 3. The molecule has 0 aliphatic carbocycles. The van der Waals surface area contributed by atoms with Crippen molar-refractivity contribution >= 4 is 22.6 Å². The van der Waals surface area contributed by atoms with Crippen LogP contribution in [-0.4, -0.2) is 20.0 Å². The summed E-state index contributed by atoms with van der Waals surface area (Å²) in [4.78, 5) is 30.2. The number of hydrogen-bond donors (Lipinski definition) is 1. The zero-order valence-electron chi connectivity index (χ0n) is 18.2. The van der Waals surface area contributed by atoms with Crippen molar-refractivity contribution in [3.05, 3.63) is 113 Å². The number of carbonyl (C=O) groups excluding carboxylic acids is 1. The van der Waals surface area contributed by atoms with Crippen molar-refractivity contribution in [1.29, 1.82) is 0 Å². The molecule has 168 valence electrons. The highest BCUT2D eigenvalue weighted by atomic mass is 19.1. The number of amides is 1. The molecule has 2 heterocycles. The molecule has 5 aromatic rings. The Bertz CT molecular complexity index is 1510. The van der Waals surface area contributed by atoms with Crippen molar-refractivity contribution in [2.24, 2.45) is 0 Å². The topological polar surface area (TPSA) is 68.9 Å². The lowest BCUT2D eigenvalue weighted by Gasteiger charge is -2.11. The summed E-state index contributed by atoms with van der Waals surface area (Å²) in [6.45, 7) is 0.173. The predicted octanol–water partition coefficient (Wildman–Crippen LogP) is 5.02. The minimum atomic E-state index is -0.374. The Balaban J connectivity index is 1.48. The molecule has 0 unspecified atom stereocenters. The highest BCUT2D eigenvalue weighted by molar-refractivity contribution is 5.90. The molecule has 6 nitrogen and oxygen atoms in total. The van der Waals surface area contributed by atoms with Gasteiger partial charge < -0.3 is 5.32 Å². The number of anilines is 1. The second-order valence-corrected chi connectivity index (χ2v) is 7.85. The maximum atomic E-state index is 13.3. The Morgan fingerprint density at radius 3 is 2.29 bits per heavy atom. The van der Waals surface area contributed by atoms with Gasteiger partial charge >= 0.3 is 0 Å². The fourth-order valence-corrected chi connectivity index (χ4v) is 3.91. The Morgan fingerprint density at radius 2 is 1.59 bits per heavy atom. The summed E-state index contributed by atoms with van der Waals surface area (Å²) in [6.07, 6.45) is 1.56. The largest absolute Gasteiger partial charge is 0.326 e. The monoisotopic (exact) mass is 452 g/mol. The zero-order chi connectivity index (χ0) is 23.5. The third-order valence-corrected chi connectivity index (χ3v) is 5.58. The normalized spacial score (nSPS) is 11.0. The second-order valence-electron chi connectivity index (χ2n) is 7.85. The van der Waals surface area contributed by atoms with Crippen molar-refractivity contribution in [1.82, 2.24) is 14.1 Å². The van der Waals surface area contributed by atoms with Gasteiger partial charge in [-0.05, 0) is 48.0 Å². The number of nitrogens with one attached hydrogen (secondary N) is 1. The number of aromatic nitrogens is 3. The third kappa shape index (κ3) is 4.23. The average Bonchev–Trinajstić information content (AvgIpc) is 3.27. The van der Waals surface area contributed by atoms with Gasteiger partial charge in [0.2, 0.25) is 5.91 Å². The van der Waals surface area contributed by atoms with E-state index < -0.39 is 0 Å². The fourth-order valence-electron chi connectivity index (χ4n) is 3.91. The first-order valence-electron chi connectivity index (χ1n) is 10.9. The number of aryl methyl sites for hydroxylation is 1. The molecule has 0 saturated heterocycles. The van der Waals surface area contributed by atoms with Gasteiger partial charge in [-0.1, -0.05) is 48.5 Å². The SMILES string of the molecule is O=C(CCn1cnc2c(cc(-c3ccccc3)n2-c2ccccc2)c1=O)Nc1ccc(F)cc1. The number of rotatable bonds is 6. The van der Waals surface area contributed by atoms with E-state index in [2.05, 4.69) is 10.3 Å². The van der Waals surface area contributed by atoms with Gasteiger partial charge in [0, 0.05) is 24.3 Å². The van der Waals surface area contributed by atoms with Crippen LogP contribution in [0.2, 0.25) is 0 Å². The van der Waals surface area contributed by atoms with Crippen LogP contribution in [0, 0.1) is 5.82 Å². The third-order valence-electron chi connectivity index (χ3n) is 5.58. The van der Waals surface area contributed by atoms with Crippen molar-refractivity contribution in [2.45, 2.75) is 13.0 Å². The molecule has 0 fully saturated rings. The van der Waals surface area contributed by atoms with Crippen LogP contribution >= 0.6 is 0 Å². The van der Waals surface area contributed by atoms with E-state index in [-0.39, 0.29) is 30.2 Å². The van der Waals surface area contributed by atoms with Crippen molar-refractivity contribution < 1.29 is 9.18 Å². The van der Waals surface area contributed by atoms with E-state index in [4.69, 9.17) is 0 Å². The van der Waals surface area contributed by atoms with Gasteiger partial charge in [-0.2, -0.15) is 0 Å². The van der Waals surface area contributed by atoms with Crippen LogP contribution in [0.3, 0.4) is 0 Å². The molecule has 3 aromatic carbocycles. The molecule has 0 aliphatic rings. The van der Waals surface area contributed by atoms with Gasteiger partial charge in [0.1, 0.15) is 5.82 Å². The summed E-state index contributed by atoms with van der Waals surface area (Å²) in [7, 11) is 0. The molecular weight excluding hydrogens is 431 g/mol. The van der Waals surface area contributed by atoms with E-state index in [9.17, 15) is 14.0 Å². The summed E-state index contributed by atoms with van der Waals surface area (Å²) in [5, 5.41) is 3.18. The lowest BCUT2D eigenvalue weighted by molar-refractivity contribution is -0.116. The lowest BCUT2D eigenvalue weighted by atomic mass is 10.1. The Kier molecular flexibility index (Phi) is 5.74. The molecule has 0 aliphatic heterocycles. The van der Waals surface area contributed by atoms with Crippen molar-refractivity contribution in [2.75, 3.05) is 5.32 Å². The van der Waals surface area contributed by atoms with Crippen LogP contribution < -0.4 is 10.9 Å². The minimum absolute atomic E-state index is 0.0788. The number of nitrogens with zero attached hydrogens (tertiary/aromatic N) is 3. The maximum absolute atomic E-state index is 13.3. The van der Waals surface area contributed by atoms with E-state index >= 15 is 0 Å². The molecule has 0 atom stereocenters. The molecule has 34 heavy (non-hydrogen) atoms. The zero-order valence-corrected chi connectivity index (χ0v) is 18.2. The molecule has 1 amide bonds. The lowest BCUT2D eigenvalue weighted by Crippen LogP contribution is -2.23. The summed E-state index contributed by atoms with van der Waals surface area (Å²) < 4.78 is 16.5. The number of carbonyl (C=O) groups is 1. The minimum Gasteiger partial charge on any atom is -0.326 e. The number of benzene rings is 3. The second kappa shape index (κ2) is 9.15. The summed E-state index contributed by atoms with van der Waals surface area (Å²) in [5.41, 5.74) is 3.57. The predicted molar refractivity (Wildman–Crippen MR) is 130 cm³/mol. The van der Waals surface area contributed by atoms with Crippen molar-refractivity contribution in [3.63, 3.8) is 0 Å². The summed E-state index contributed by atoms with van der Waals surface area (Å²) in [5.74, 6) is -0.647. The molecule has 5 rings (SSSR count). The fraction of sp³-hybridized carbons (Fsp3) is 0.0741. The molecule has 0 bridgehead atoms. The van der Waals surface area contributed by atoms with E-state index in [0.29, 0.717) is 16.7 Å². The standard InChI is InChI=1S/C27H21FN4O2/c28-20-11-13-21(14-12-20)30-25(33)15-16-31-18-29-26-23(27(31)34)17-24(19-7-3-1-4-8-19)32(26)22-9-5-2-6-10-22/h1-14,17-18H,15-16H2,(H,30,33). The van der Waals surface area contributed by atoms with Gasteiger partial charge in [0.15, 0.2) is 5.65 Å². The first-order chi connectivity index (χ1) is 16.6. The Labute approximate surface area is 194 Å². The van der Waals surface area contributed by atoms with Crippen LogP contribution in [0.5, 0.6) is 0 Å². The Morgan fingerprint density at radius 1 is 0.912 bits per heavy atom. The van der Waals surface area contributed by atoms with Gasteiger partial charge in [-0.15, -0.1) is 0 Å².